The number of hydrogen-bond donors (Lipinski definition) is 1. The van der Waals surface area contributed by atoms with Crippen molar-refractivity contribution in [2.45, 2.75) is 0 Å². The Labute approximate surface area is 181 Å². The van der Waals surface area contributed by atoms with Gasteiger partial charge in [0.2, 0.25) is 27.9 Å². The molecule has 1 aliphatic heterocycles. The van der Waals surface area contributed by atoms with Crippen molar-refractivity contribution < 1.29 is 22.7 Å². The van der Waals surface area contributed by atoms with E-state index in [1.165, 1.54) is 17.4 Å². The highest BCUT2D eigenvalue weighted by Gasteiger charge is 2.24. The van der Waals surface area contributed by atoms with Gasteiger partial charge in [0.1, 0.15) is 11.6 Å². The van der Waals surface area contributed by atoms with Gasteiger partial charge in [-0.05, 0) is 24.3 Å². The zero-order chi connectivity index (χ0) is 21.3. The predicted molar refractivity (Wildman–Crippen MR) is 114 cm³/mol. The summed E-state index contributed by atoms with van der Waals surface area (Å²) in [6.45, 7) is -0.376. The van der Waals surface area contributed by atoms with Crippen LogP contribution in [0.3, 0.4) is 0 Å². The van der Waals surface area contributed by atoms with E-state index in [2.05, 4.69) is 15.5 Å². The van der Waals surface area contributed by atoms with Gasteiger partial charge in [0.05, 0.1) is 11.9 Å². The number of ether oxygens (including phenoxy) is 2. The van der Waals surface area contributed by atoms with Crippen LogP contribution in [0.5, 0.6) is 11.5 Å². The third-order valence-corrected chi connectivity index (χ3v) is 6.37. The Hall–Kier alpha value is -2.89. The van der Waals surface area contributed by atoms with E-state index in [9.17, 15) is 13.2 Å². The van der Waals surface area contributed by atoms with Crippen LogP contribution in [-0.4, -0.2) is 44.1 Å². The van der Waals surface area contributed by atoms with E-state index in [-0.39, 0.29) is 17.6 Å². The molecule has 0 saturated heterocycles. The number of nitrogens with one attached hydrogen (secondary N) is 1. The maximum atomic E-state index is 12.5. The first-order valence-corrected chi connectivity index (χ1v) is 11.6. The lowest BCUT2D eigenvalue weighted by molar-refractivity contribution is -0.114. The van der Waals surface area contributed by atoms with Gasteiger partial charge in [-0.25, -0.2) is 8.42 Å². The minimum Gasteiger partial charge on any atom is -0.454 e. The van der Waals surface area contributed by atoms with Gasteiger partial charge in [0.15, 0.2) is 11.5 Å². The van der Waals surface area contributed by atoms with Crippen LogP contribution in [-0.2, 0) is 14.8 Å². The molecule has 0 fully saturated rings. The molecule has 12 heteroatoms. The van der Waals surface area contributed by atoms with Crippen LogP contribution < -0.4 is 19.1 Å². The van der Waals surface area contributed by atoms with Crippen molar-refractivity contribution >= 4 is 49.7 Å². The average Bonchev–Trinajstić information content (AvgIpc) is 3.34. The first-order valence-electron chi connectivity index (χ1n) is 8.56. The fourth-order valence-electron chi connectivity index (χ4n) is 2.71. The molecule has 0 radical (unpaired) electrons. The third kappa shape index (κ3) is 4.48. The molecule has 1 amide bonds. The Morgan fingerprint density at radius 2 is 1.90 bits per heavy atom. The smallest absolute Gasteiger partial charge is 0.246 e. The van der Waals surface area contributed by atoms with Crippen molar-refractivity contribution in [1.29, 1.82) is 0 Å². The molecule has 30 heavy (non-hydrogen) atoms. The lowest BCUT2D eigenvalue weighted by Crippen LogP contribution is -2.37. The number of rotatable bonds is 6. The summed E-state index contributed by atoms with van der Waals surface area (Å²) < 4.78 is 36.0. The molecule has 0 saturated carbocycles. The number of anilines is 2. The van der Waals surface area contributed by atoms with Gasteiger partial charge >= 0.3 is 0 Å². The average molecular weight is 467 g/mol. The number of carbonyl (C=O) groups excluding carboxylic acids is 1. The highest BCUT2D eigenvalue weighted by atomic mass is 35.5. The van der Waals surface area contributed by atoms with Crippen LogP contribution >= 0.6 is 22.9 Å². The van der Waals surface area contributed by atoms with Crippen molar-refractivity contribution in [2.75, 3.05) is 29.2 Å². The summed E-state index contributed by atoms with van der Waals surface area (Å²) in [5.74, 6) is 0.371. The van der Waals surface area contributed by atoms with E-state index in [0.29, 0.717) is 21.5 Å². The molecule has 0 atom stereocenters. The molecule has 1 N–H and O–H groups in total. The Balaban J connectivity index is 1.49. The van der Waals surface area contributed by atoms with Crippen LogP contribution in [0.4, 0.5) is 10.8 Å². The number of benzene rings is 2. The molecule has 2 aromatic carbocycles. The molecular formula is C18H15ClN4O5S2. The molecule has 9 nitrogen and oxygen atoms in total. The van der Waals surface area contributed by atoms with Gasteiger partial charge in [-0.3, -0.25) is 14.4 Å². The van der Waals surface area contributed by atoms with E-state index in [0.717, 1.165) is 16.1 Å². The van der Waals surface area contributed by atoms with Crippen molar-refractivity contribution in [2.24, 2.45) is 0 Å². The lowest BCUT2D eigenvalue weighted by Gasteiger charge is -2.21. The SMILES string of the molecule is CS(=O)(=O)N(CC(=O)Nc1nnc(-c2ccc(Cl)cc2)s1)c1ccc2c(c1)OCO2. The fraction of sp³-hybridized carbons (Fsp3) is 0.167. The number of carbonyl (C=O) groups is 1. The minimum atomic E-state index is -3.73. The highest BCUT2D eigenvalue weighted by Crippen LogP contribution is 2.36. The highest BCUT2D eigenvalue weighted by molar-refractivity contribution is 7.92. The number of nitrogens with zero attached hydrogens (tertiary/aromatic N) is 3. The molecule has 0 aliphatic carbocycles. The molecule has 0 spiro atoms. The second-order valence-corrected chi connectivity index (χ2v) is 9.60. The number of amides is 1. The summed E-state index contributed by atoms with van der Waals surface area (Å²) in [6.07, 6.45) is 1.02. The largest absolute Gasteiger partial charge is 0.454 e. The van der Waals surface area contributed by atoms with Gasteiger partial charge in [-0.1, -0.05) is 35.1 Å². The molecule has 3 aromatic rings. The maximum Gasteiger partial charge on any atom is 0.246 e. The van der Waals surface area contributed by atoms with Crippen LogP contribution in [0.25, 0.3) is 10.6 Å². The minimum absolute atomic E-state index is 0.0607. The molecule has 1 aliphatic rings. The first-order chi connectivity index (χ1) is 14.3. The van der Waals surface area contributed by atoms with Crippen molar-refractivity contribution in [3.05, 3.63) is 47.5 Å². The second-order valence-electron chi connectivity index (χ2n) is 6.27. The molecule has 0 unspecified atom stereocenters. The number of fused-ring (bicyclic) bond motifs is 1. The topological polar surface area (TPSA) is 111 Å². The van der Waals surface area contributed by atoms with Gasteiger partial charge in [-0.15, -0.1) is 10.2 Å². The number of hydrogen-bond acceptors (Lipinski definition) is 8. The van der Waals surface area contributed by atoms with Crippen molar-refractivity contribution in [1.82, 2.24) is 10.2 Å². The summed E-state index contributed by atoms with van der Waals surface area (Å²) in [5.41, 5.74) is 1.09. The van der Waals surface area contributed by atoms with E-state index in [1.54, 1.807) is 36.4 Å². The summed E-state index contributed by atoms with van der Waals surface area (Å²) in [6, 6.07) is 11.7. The van der Waals surface area contributed by atoms with Crippen LogP contribution in [0.1, 0.15) is 0 Å². The van der Waals surface area contributed by atoms with Crippen molar-refractivity contribution in [3.63, 3.8) is 0 Å². The Morgan fingerprint density at radius 1 is 1.17 bits per heavy atom. The Bertz CT molecular complexity index is 1200. The van der Waals surface area contributed by atoms with Gasteiger partial charge < -0.3 is 9.47 Å². The summed E-state index contributed by atoms with van der Waals surface area (Å²) in [7, 11) is -3.73. The molecule has 0 bridgehead atoms. The van der Waals surface area contributed by atoms with Gasteiger partial charge in [-0.2, -0.15) is 0 Å². The van der Waals surface area contributed by atoms with Gasteiger partial charge in [0, 0.05) is 16.7 Å². The third-order valence-electron chi connectivity index (χ3n) is 4.09. The standard InChI is InChI=1S/C18H15ClN4O5S2/c1-30(25,26)23(13-6-7-14-15(8-13)28-10-27-14)9-16(24)20-18-22-21-17(29-18)11-2-4-12(19)5-3-11/h2-8H,9-10H2,1H3,(H,20,22,24). The Kier molecular flexibility index (Phi) is 5.50. The second kappa shape index (κ2) is 8.09. The normalized spacial score (nSPS) is 12.6. The molecule has 1 aromatic heterocycles. The summed E-state index contributed by atoms with van der Waals surface area (Å²) in [4.78, 5) is 12.5. The molecule has 2 heterocycles. The Morgan fingerprint density at radius 3 is 2.63 bits per heavy atom. The van der Waals surface area contributed by atoms with E-state index in [4.69, 9.17) is 21.1 Å². The predicted octanol–water partition coefficient (Wildman–Crippen LogP) is 2.99. The number of sulfonamides is 1. The summed E-state index contributed by atoms with van der Waals surface area (Å²) >= 11 is 7.05. The number of halogens is 1. The van der Waals surface area contributed by atoms with Crippen LogP contribution in [0.2, 0.25) is 5.02 Å². The molecule has 4 rings (SSSR count). The zero-order valence-corrected chi connectivity index (χ0v) is 17.9. The zero-order valence-electron chi connectivity index (χ0n) is 15.5. The maximum absolute atomic E-state index is 12.5. The fourth-order valence-corrected chi connectivity index (χ4v) is 4.45. The van der Waals surface area contributed by atoms with E-state index >= 15 is 0 Å². The van der Waals surface area contributed by atoms with Crippen LogP contribution in [0.15, 0.2) is 42.5 Å². The monoisotopic (exact) mass is 466 g/mol. The molecular weight excluding hydrogens is 452 g/mol. The molecule has 156 valence electrons. The van der Waals surface area contributed by atoms with Crippen molar-refractivity contribution in [3.8, 4) is 22.1 Å². The van der Waals surface area contributed by atoms with Gasteiger partial charge in [0.25, 0.3) is 0 Å². The van der Waals surface area contributed by atoms with E-state index < -0.39 is 22.5 Å². The number of aromatic nitrogens is 2. The summed E-state index contributed by atoms with van der Waals surface area (Å²) in [5, 5.41) is 12.0. The van der Waals surface area contributed by atoms with E-state index in [1.807, 2.05) is 0 Å². The first kappa shape index (κ1) is 20.4. The lowest BCUT2D eigenvalue weighted by atomic mass is 10.2. The quantitative estimate of drug-likeness (QED) is 0.594. The van der Waals surface area contributed by atoms with Crippen LogP contribution in [0, 0.1) is 0 Å².